The van der Waals surface area contributed by atoms with Crippen LogP contribution in [0.3, 0.4) is 0 Å². The number of hydrogen-bond donors (Lipinski definition) is 2. The third-order valence-corrected chi connectivity index (χ3v) is 2.35. The second-order valence-electron chi connectivity index (χ2n) is 4.09. The lowest BCUT2D eigenvalue weighted by Gasteiger charge is -2.15. The largest absolute Gasteiger partial charge is 0.380 e. The van der Waals surface area contributed by atoms with Crippen molar-refractivity contribution < 1.29 is 9.66 Å². The van der Waals surface area contributed by atoms with Crippen LogP contribution in [0.25, 0.3) is 0 Å². The average Bonchev–Trinajstić information content (AvgIpc) is 2.36. The first kappa shape index (κ1) is 15.2. The Morgan fingerprint density at radius 1 is 1.42 bits per heavy atom. The number of rotatable bonds is 8. The Balaban J connectivity index is 2.83. The number of nitrogens with zero attached hydrogens (tertiary/aromatic N) is 2. The van der Waals surface area contributed by atoms with Gasteiger partial charge in [0.2, 0.25) is 0 Å². The minimum absolute atomic E-state index is 0.0112. The fraction of sp³-hybridized carbons (Fsp3) is 0.583. The lowest BCUT2D eigenvalue weighted by Crippen LogP contribution is -2.22. The molecule has 0 bridgehead atoms. The number of hydrogen-bond acceptors (Lipinski definition) is 6. The van der Waals surface area contributed by atoms with Gasteiger partial charge in [0, 0.05) is 19.2 Å². The molecule has 2 N–H and O–H groups in total. The minimum atomic E-state index is -0.430. The summed E-state index contributed by atoms with van der Waals surface area (Å²) in [6, 6.07) is 2.87. The molecule has 7 nitrogen and oxygen atoms in total. The molecule has 1 rings (SSSR count). The maximum atomic E-state index is 10.9. The Morgan fingerprint density at radius 2 is 2.11 bits per heavy atom. The van der Waals surface area contributed by atoms with Crippen molar-refractivity contribution in [2.24, 2.45) is 0 Å². The van der Waals surface area contributed by atoms with Crippen LogP contribution in [-0.4, -0.2) is 35.7 Å². The highest BCUT2D eigenvalue weighted by Gasteiger charge is 2.12. The highest BCUT2D eigenvalue weighted by molar-refractivity contribution is 5.54. The molecule has 7 heteroatoms. The summed E-state index contributed by atoms with van der Waals surface area (Å²) >= 11 is 0. The third kappa shape index (κ3) is 5.09. The van der Waals surface area contributed by atoms with Crippen molar-refractivity contribution in [3.05, 3.63) is 22.2 Å². The van der Waals surface area contributed by atoms with Gasteiger partial charge in [-0.05, 0) is 20.8 Å². The van der Waals surface area contributed by atoms with Crippen molar-refractivity contribution in [1.82, 2.24) is 4.98 Å². The number of nitrogens with one attached hydrogen (secondary N) is 2. The zero-order chi connectivity index (χ0) is 14.3. The Hall–Kier alpha value is -1.89. The second kappa shape index (κ2) is 7.52. The maximum Gasteiger partial charge on any atom is 0.276 e. The van der Waals surface area contributed by atoms with Crippen LogP contribution in [0.15, 0.2) is 12.1 Å². The predicted octanol–water partition coefficient (Wildman–Crippen LogP) is 2.26. The fourth-order valence-corrected chi connectivity index (χ4v) is 1.56. The van der Waals surface area contributed by atoms with Gasteiger partial charge >= 0.3 is 0 Å². The summed E-state index contributed by atoms with van der Waals surface area (Å²) in [5.74, 6) is 0.958. The molecule has 0 aliphatic carbocycles. The van der Waals surface area contributed by atoms with Gasteiger partial charge in [0.15, 0.2) is 0 Å². The highest BCUT2D eigenvalue weighted by Crippen LogP contribution is 2.21. The van der Waals surface area contributed by atoms with Crippen LogP contribution in [0.1, 0.15) is 20.8 Å². The van der Waals surface area contributed by atoms with Crippen molar-refractivity contribution in [1.29, 1.82) is 0 Å². The monoisotopic (exact) mass is 268 g/mol. The van der Waals surface area contributed by atoms with Crippen LogP contribution in [0.2, 0.25) is 0 Å². The van der Waals surface area contributed by atoms with Gasteiger partial charge in [0.25, 0.3) is 5.69 Å². The Kier molecular flexibility index (Phi) is 6.01. The van der Waals surface area contributed by atoms with Gasteiger partial charge in [-0.3, -0.25) is 10.1 Å². The van der Waals surface area contributed by atoms with Crippen LogP contribution >= 0.6 is 0 Å². The summed E-state index contributed by atoms with van der Waals surface area (Å²) in [6.07, 6.45) is 0. The van der Waals surface area contributed by atoms with Gasteiger partial charge in [-0.25, -0.2) is 4.98 Å². The second-order valence-corrected chi connectivity index (χ2v) is 4.09. The van der Waals surface area contributed by atoms with Gasteiger partial charge < -0.3 is 15.4 Å². The predicted molar refractivity (Wildman–Crippen MR) is 74.6 cm³/mol. The first-order valence-corrected chi connectivity index (χ1v) is 6.31. The standard InChI is InChI=1S/C12H20N4O3/c1-4-13-11-6-10(16(17)18)7-12(15-11)14-9(3)8-19-5-2/h6-7,9H,4-5,8H2,1-3H3,(H2,13,14,15). The molecule has 0 saturated heterocycles. The van der Waals surface area contributed by atoms with E-state index in [1.807, 2.05) is 20.8 Å². The SMILES string of the molecule is CCNc1cc([N+](=O)[O-])cc(NC(C)COCC)n1. The molecule has 106 valence electrons. The molecule has 1 heterocycles. The van der Waals surface area contributed by atoms with Crippen LogP contribution in [0, 0.1) is 10.1 Å². The molecule has 0 amide bonds. The Morgan fingerprint density at radius 3 is 2.68 bits per heavy atom. The molecule has 0 fully saturated rings. The Labute approximate surface area is 112 Å². The first-order chi connectivity index (χ1) is 9.06. The highest BCUT2D eigenvalue weighted by atomic mass is 16.6. The lowest BCUT2D eigenvalue weighted by atomic mass is 10.3. The molecule has 0 spiro atoms. The lowest BCUT2D eigenvalue weighted by molar-refractivity contribution is -0.384. The van der Waals surface area contributed by atoms with E-state index >= 15 is 0 Å². The fourth-order valence-electron chi connectivity index (χ4n) is 1.56. The molecule has 0 saturated carbocycles. The van der Waals surface area contributed by atoms with E-state index in [0.717, 1.165) is 0 Å². The summed E-state index contributed by atoms with van der Waals surface area (Å²) in [5, 5.41) is 16.9. The van der Waals surface area contributed by atoms with Crippen molar-refractivity contribution in [3.8, 4) is 0 Å². The summed E-state index contributed by atoms with van der Waals surface area (Å²) < 4.78 is 5.28. The Bertz CT molecular complexity index is 425. The van der Waals surface area contributed by atoms with E-state index in [1.54, 1.807) is 0 Å². The van der Waals surface area contributed by atoms with E-state index in [4.69, 9.17) is 4.74 Å². The number of nitro groups is 1. The molecule has 0 aliphatic rings. The van der Waals surface area contributed by atoms with Crippen molar-refractivity contribution in [2.45, 2.75) is 26.8 Å². The van der Waals surface area contributed by atoms with Gasteiger partial charge in [-0.1, -0.05) is 0 Å². The molecular weight excluding hydrogens is 248 g/mol. The molecule has 19 heavy (non-hydrogen) atoms. The molecule has 1 aromatic heterocycles. The normalized spacial score (nSPS) is 11.9. The molecular formula is C12H20N4O3. The summed E-state index contributed by atoms with van der Waals surface area (Å²) in [4.78, 5) is 14.7. The molecule has 0 aromatic carbocycles. The van der Waals surface area contributed by atoms with E-state index < -0.39 is 4.92 Å². The topological polar surface area (TPSA) is 89.3 Å². The van der Waals surface area contributed by atoms with E-state index in [1.165, 1.54) is 12.1 Å². The van der Waals surface area contributed by atoms with Crippen LogP contribution in [0.4, 0.5) is 17.3 Å². The molecule has 0 aliphatic heterocycles. The van der Waals surface area contributed by atoms with Crippen LogP contribution < -0.4 is 10.6 Å². The van der Waals surface area contributed by atoms with E-state index in [-0.39, 0.29) is 11.7 Å². The average molecular weight is 268 g/mol. The molecule has 1 aromatic rings. The number of pyridine rings is 1. The first-order valence-electron chi connectivity index (χ1n) is 6.31. The quantitative estimate of drug-likeness (QED) is 0.555. The molecule has 0 radical (unpaired) electrons. The van der Waals surface area contributed by atoms with Gasteiger partial charge in [-0.15, -0.1) is 0 Å². The van der Waals surface area contributed by atoms with Gasteiger partial charge in [0.05, 0.1) is 23.7 Å². The number of aromatic nitrogens is 1. The summed E-state index contributed by atoms with van der Waals surface area (Å²) in [5.41, 5.74) is 0.0112. The zero-order valence-corrected chi connectivity index (χ0v) is 11.5. The third-order valence-electron chi connectivity index (χ3n) is 2.35. The zero-order valence-electron chi connectivity index (χ0n) is 11.5. The van der Waals surface area contributed by atoms with Crippen LogP contribution in [0.5, 0.6) is 0 Å². The molecule has 1 atom stereocenters. The van der Waals surface area contributed by atoms with Crippen molar-refractivity contribution in [2.75, 3.05) is 30.4 Å². The van der Waals surface area contributed by atoms with E-state index in [0.29, 0.717) is 31.4 Å². The summed E-state index contributed by atoms with van der Waals surface area (Å²) in [7, 11) is 0. The van der Waals surface area contributed by atoms with E-state index in [2.05, 4.69) is 15.6 Å². The van der Waals surface area contributed by atoms with Crippen LogP contribution in [-0.2, 0) is 4.74 Å². The van der Waals surface area contributed by atoms with Gasteiger partial charge in [-0.2, -0.15) is 0 Å². The van der Waals surface area contributed by atoms with Gasteiger partial charge in [0.1, 0.15) is 11.6 Å². The van der Waals surface area contributed by atoms with E-state index in [9.17, 15) is 10.1 Å². The number of anilines is 2. The summed E-state index contributed by atoms with van der Waals surface area (Å²) in [6.45, 7) is 7.58. The smallest absolute Gasteiger partial charge is 0.276 e. The number of ether oxygens (including phenoxy) is 1. The maximum absolute atomic E-state index is 10.9. The molecule has 1 unspecified atom stereocenters. The minimum Gasteiger partial charge on any atom is -0.380 e. The van der Waals surface area contributed by atoms with Crippen molar-refractivity contribution in [3.63, 3.8) is 0 Å². The van der Waals surface area contributed by atoms with Crippen molar-refractivity contribution >= 4 is 17.3 Å².